The second kappa shape index (κ2) is 11.9. The van der Waals surface area contributed by atoms with Crippen molar-refractivity contribution < 1.29 is 36.9 Å². The van der Waals surface area contributed by atoms with E-state index in [0.29, 0.717) is 44.9 Å². The molecule has 0 heterocycles. The maximum Gasteiger partial charge on any atom is 0.416 e. The van der Waals surface area contributed by atoms with Crippen molar-refractivity contribution >= 4 is 29.8 Å². The van der Waals surface area contributed by atoms with Gasteiger partial charge in [0.1, 0.15) is 0 Å². The molecule has 10 heteroatoms. The first-order chi connectivity index (χ1) is 17.2. The molecule has 192 valence electrons. The summed E-state index contributed by atoms with van der Waals surface area (Å²) < 4.78 is 69.4. The van der Waals surface area contributed by atoms with Crippen LogP contribution in [0.1, 0.15) is 16.7 Å². The molecule has 0 bridgehead atoms. The summed E-state index contributed by atoms with van der Waals surface area (Å²) in [5.41, 5.74) is 1.37. The van der Waals surface area contributed by atoms with Gasteiger partial charge in [-0.3, -0.25) is 0 Å². The molecule has 0 aromatic heterocycles. The largest absolute Gasteiger partial charge is 0.493 e. The van der Waals surface area contributed by atoms with Crippen molar-refractivity contribution in [3.63, 3.8) is 0 Å². The SMILES string of the molecule is COc1cc(/C=C\c2cc(OC)c(OC)c(OC)c2)c(NSc2cccc(C(F)(F)F)c2)cc1OC. The van der Waals surface area contributed by atoms with Gasteiger partial charge < -0.3 is 28.4 Å². The van der Waals surface area contributed by atoms with E-state index >= 15 is 0 Å². The van der Waals surface area contributed by atoms with Crippen molar-refractivity contribution in [1.82, 2.24) is 0 Å². The van der Waals surface area contributed by atoms with Gasteiger partial charge in [-0.25, -0.2) is 0 Å². The molecule has 0 amide bonds. The van der Waals surface area contributed by atoms with Crippen molar-refractivity contribution in [2.45, 2.75) is 11.1 Å². The molecule has 0 aliphatic rings. The first-order valence-corrected chi connectivity index (χ1v) is 11.4. The highest BCUT2D eigenvalue weighted by molar-refractivity contribution is 8.00. The van der Waals surface area contributed by atoms with Crippen molar-refractivity contribution in [3.05, 3.63) is 65.2 Å². The van der Waals surface area contributed by atoms with Crippen LogP contribution in [0.25, 0.3) is 12.2 Å². The van der Waals surface area contributed by atoms with Crippen molar-refractivity contribution in [1.29, 1.82) is 0 Å². The van der Waals surface area contributed by atoms with Crippen molar-refractivity contribution in [3.8, 4) is 28.7 Å². The summed E-state index contributed by atoms with van der Waals surface area (Å²) in [6.07, 6.45) is -0.752. The van der Waals surface area contributed by atoms with E-state index in [-0.39, 0.29) is 0 Å². The Morgan fingerprint density at radius 2 is 1.33 bits per heavy atom. The molecule has 0 spiro atoms. The second-order valence-electron chi connectivity index (χ2n) is 7.32. The molecule has 36 heavy (non-hydrogen) atoms. The number of methoxy groups -OCH3 is 5. The van der Waals surface area contributed by atoms with E-state index in [1.807, 2.05) is 12.2 Å². The predicted molar refractivity (Wildman–Crippen MR) is 135 cm³/mol. The average molecular weight is 522 g/mol. The molecule has 0 atom stereocenters. The predicted octanol–water partition coefficient (Wildman–Crippen LogP) is 7.04. The van der Waals surface area contributed by atoms with Crippen LogP contribution in [-0.2, 0) is 6.18 Å². The summed E-state index contributed by atoms with van der Waals surface area (Å²) in [6, 6.07) is 12.2. The molecule has 3 rings (SSSR count). The third-order valence-electron chi connectivity index (χ3n) is 5.14. The minimum absolute atomic E-state index is 0.402. The molecule has 0 aliphatic carbocycles. The zero-order valence-electron chi connectivity index (χ0n) is 20.4. The molecular formula is C26H26F3NO5S. The minimum Gasteiger partial charge on any atom is -0.493 e. The highest BCUT2D eigenvalue weighted by atomic mass is 32.2. The zero-order chi connectivity index (χ0) is 26.3. The van der Waals surface area contributed by atoms with Crippen LogP contribution in [0.4, 0.5) is 18.9 Å². The van der Waals surface area contributed by atoms with Gasteiger partial charge in [0.05, 0.1) is 46.8 Å². The van der Waals surface area contributed by atoms with Crippen LogP contribution in [0.3, 0.4) is 0 Å². The fourth-order valence-electron chi connectivity index (χ4n) is 3.35. The number of ether oxygens (including phenoxy) is 5. The molecule has 1 N–H and O–H groups in total. The Bertz CT molecular complexity index is 1210. The first-order valence-electron chi connectivity index (χ1n) is 10.6. The van der Waals surface area contributed by atoms with Gasteiger partial charge in [-0.15, -0.1) is 0 Å². The molecule has 0 saturated carbocycles. The second-order valence-corrected chi connectivity index (χ2v) is 8.20. The number of halogens is 3. The van der Waals surface area contributed by atoms with Crippen molar-refractivity contribution in [2.75, 3.05) is 40.3 Å². The van der Waals surface area contributed by atoms with Crippen LogP contribution >= 0.6 is 11.9 Å². The first kappa shape index (κ1) is 26.9. The van der Waals surface area contributed by atoms with Gasteiger partial charge in [-0.1, -0.05) is 18.2 Å². The van der Waals surface area contributed by atoms with E-state index in [1.165, 1.54) is 41.6 Å². The normalized spacial score (nSPS) is 11.3. The standard InChI is InChI=1S/C26H26F3NO5S/c1-31-21-13-17(10-9-16-11-23(33-3)25(35-5)24(12-16)34-4)20(15-22(21)32-2)30-36-19-8-6-7-18(14-19)26(27,28)29/h6-15,30H,1-5H3/b10-9-. The molecule has 0 fully saturated rings. The lowest BCUT2D eigenvalue weighted by Gasteiger charge is -2.15. The van der Waals surface area contributed by atoms with Gasteiger partial charge in [-0.2, -0.15) is 13.2 Å². The molecule has 0 unspecified atom stereocenters. The summed E-state index contributed by atoms with van der Waals surface area (Å²) in [4.78, 5) is 0.402. The van der Waals surface area contributed by atoms with E-state index in [2.05, 4.69) is 4.72 Å². The van der Waals surface area contributed by atoms with Gasteiger partial charge in [-0.05, 0) is 53.9 Å². The lowest BCUT2D eigenvalue weighted by Crippen LogP contribution is -2.04. The highest BCUT2D eigenvalue weighted by Gasteiger charge is 2.30. The van der Waals surface area contributed by atoms with E-state index < -0.39 is 11.7 Å². The zero-order valence-corrected chi connectivity index (χ0v) is 21.2. The molecule has 6 nitrogen and oxygen atoms in total. The lowest BCUT2D eigenvalue weighted by atomic mass is 10.1. The van der Waals surface area contributed by atoms with Gasteiger partial charge in [0.15, 0.2) is 23.0 Å². The Hall–Kier alpha value is -3.66. The Balaban J connectivity index is 1.97. The highest BCUT2D eigenvalue weighted by Crippen LogP contribution is 2.40. The Morgan fingerprint density at radius 3 is 1.89 bits per heavy atom. The molecule has 0 aliphatic heterocycles. The van der Waals surface area contributed by atoms with Crippen LogP contribution in [0.15, 0.2) is 53.4 Å². The van der Waals surface area contributed by atoms with E-state index in [9.17, 15) is 13.2 Å². The fraction of sp³-hybridized carbons (Fsp3) is 0.231. The number of hydrogen-bond donors (Lipinski definition) is 1. The van der Waals surface area contributed by atoms with Crippen molar-refractivity contribution in [2.24, 2.45) is 0 Å². The number of alkyl halides is 3. The summed E-state index contributed by atoms with van der Waals surface area (Å²) in [5, 5.41) is 0. The number of hydrogen-bond acceptors (Lipinski definition) is 7. The molecule has 0 saturated heterocycles. The van der Waals surface area contributed by atoms with Gasteiger partial charge in [0.2, 0.25) is 5.75 Å². The van der Waals surface area contributed by atoms with Crippen LogP contribution in [0.5, 0.6) is 28.7 Å². The van der Waals surface area contributed by atoms with Gasteiger partial charge in [0.25, 0.3) is 0 Å². The summed E-state index contributed by atoms with van der Waals surface area (Å²) >= 11 is 1.05. The lowest BCUT2D eigenvalue weighted by molar-refractivity contribution is -0.137. The number of nitrogens with one attached hydrogen (secondary N) is 1. The minimum atomic E-state index is -4.42. The van der Waals surface area contributed by atoms with E-state index in [1.54, 1.807) is 30.3 Å². The number of benzene rings is 3. The number of anilines is 1. The summed E-state index contributed by atoms with van der Waals surface area (Å²) in [5.74, 6) is 2.44. The molecule has 3 aromatic rings. The van der Waals surface area contributed by atoms with Crippen LogP contribution < -0.4 is 28.4 Å². The van der Waals surface area contributed by atoms with E-state index in [4.69, 9.17) is 23.7 Å². The maximum absolute atomic E-state index is 13.1. The number of rotatable bonds is 10. The monoisotopic (exact) mass is 521 g/mol. The van der Waals surface area contributed by atoms with E-state index in [0.717, 1.165) is 29.6 Å². The Kier molecular flexibility index (Phi) is 8.87. The average Bonchev–Trinajstić information content (AvgIpc) is 2.89. The maximum atomic E-state index is 13.1. The van der Waals surface area contributed by atoms with Crippen LogP contribution in [0.2, 0.25) is 0 Å². The Morgan fingerprint density at radius 1 is 0.722 bits per heavy atom. The van der Waals surface area contributed by atoms with Gasteiger partial charge >= 0.3 is 6.18 Å². The van der Waals surface area contributed by atoms with Gasteiger partial charge in [0, 0.05) is 16.5 Å². The Labute approximate surface area is 212 Å². The third kappa shape index (κ3) is 6.31. The molecule has 3 aromatic carbocycles. The van der Waals surface area contributed by atoms with Crippen LogP contribution in [0, 0.1) is 0 Å². The smallest absolute Gasteiger partial charge is 0.416 e. The fourth-order valence-corrected chi connectivity index (χ4v) is 4.09. The quantitative estimate of drug-likeness (QED) is 0.227. The topological polar surface area (TPSA) is 58.2 Å². The summed E-state index contributed by atoms with van der Waals surface area (Å²) in [7, 11) is 7.62. The third-order valence-corrected chi connectivity index (χ3v) is 5.95. The molecule has 0 radical (unpaired) electrons. The summed E-state index contributed by atoms with van der Waals surface area (Å²) in [6.45, 7) is 0. The van der Waals surface area contributed by atoms with Crippen LogP contribution in [-0.4, -0.2) is 35.5 Å². The molecular weight excluding hydrogens is 495 g/mol.